The van der Waals surface area contributed by atoms with Gasteiger partial charge in [0.25, 0.3) is 0 Å². The highest BCUT2D eigenvalue weighted by atomic mass is 16.1. The Kier molecular flexibility index (Phi) is 3.13. The molecule has 0 unspecified atom stereocenters. The fraction of sp³-hybridized carbons (Fsp3) is 0.200. The zero-order valence-corrected chi connectivity index (χ0v) is 11.9. The molecule has 106 valence electrons. The van der Waals surface area contributed by atoms with E-state index in [-0.39, 0.29) is 18.3 Å². The Morgan fingerprint density at radius 1 is 1.29 bits per heavy atom. The molecule has 2 N–H and O–H groups in total. The first-order valence-corrected chi connectivity index (χ1v) is 6.67. The van der Waals surface area contributed by atoms with E-state index in [1.54, 1.807) is 21.2 Å². The zero-order valence-electron chi connectivity index (χ0n) is 11.9. The number of aromatic nitrogens is 4. The van der Waals surface area contributed by atoms with Crippen LogP contribution in [0.1, 0.15) is 21.7 Å². The molecule has 2 heterocycles. The first-order valence-electron chi connectivity index (χ1n) is 6.67. The van der Waals surface area contributed by atoms with E-state index in [0.29, 0.717) is 11.3 Å². The summed E-state index contributed by atoms with van der Waals surface area (Å²) in [5, 5.41) is 4.24. The van der Waals surface area contributed by atoms with Crippen molar-refractivity contribution >= 4 is 17.5 Å². The lowest BCUT2D eigenvalue weighted by Crippen LogP contribution is -2.40. The lowest BCUT2D eigenvalue weighted by Gasteiger charge is -2.01. The lowest BCUT2D eigenvalue weighted by atomic mass is 10.1. The van der Waals surface area contributed by atoms with Crippen LogP contribution in [0.3, 0.4) is 0 Å². The van der Waals surface area contributed by atoms with Crippen molar-refractivity contribution in [2.45, 2.75) is 20.4 Å². The van der Waals surface area contributed by atoms with Gasteiger partial charge in [-0.2, -0.15) is 0 Å². The number of ketones is 1. The number of aryl methyl sites for hydroxylation is 2. The molecule has 0 spiro atoms. The lowest BCUT2D eigenvalue weighted by molar-refractivity contribution is -0.645. The van der Waals surface area contributed by atoms with Gasteiger partial charge in [0.1, 0.15) is 6.54 Å². The smallest absolute Gasteiger partial charge is 0.318 e. The topological polar surface area (TPSA) is 77.2 Å². The maximum atomic E-state index is 12.3. The van der Waals surface area contributed by atoms with E-state index in [4.69, 9.17) is 5.73 Å². The Bertz CT molecular complexity index is 823. The average molecular weight is 282 g/mol. The summed E-state index contributed by atoms with van der Waals surface area (Å²) >= 11 is 0. The number of nitrogens with zero attached hydrogens (tertiary/aromatic N) is 4. The SMILES string of the molecule is Cc1cc(C)n2nc(N)[n+](CC(=O)c3ccccc3)c2n1. The van der Waals surface area contributed by atoms with Crippen molar-refractivity contribution in [3.63, 3.8) is 0 Å². The van der Waals surface area contributed by atoms with Crippen molar-refractivity contribution < 1.29 is 9.36 Å². The van der Waals surface area contributed by atoms with Crippen LogP contribution in [0.5, 0.6) is 0 Å². The molecule has 1 aromatic carbocycles. The number of carbonyl (C=O) groups is 1. The van der Waals surface area contributed by atoms with Crippen LogP contribution in [-0.4, -0.2) is 20.4 Å². The minimum absolute atomic E-state index is 0.0249. The highest BCUT2D eigenvalue weighted by molar-refractivity contribution is 5.95. The van der Waals surface area contributed by atoms with Gasteiger partial charge in [0, 0.05) is 16.7 Å². The standard InChI is InChI=1S/C15H16N5O/c1-10-8-11(2)20-15(17-10)19(14(16)18-20)9-13(21)12-6-4-3-5-7-12/h3-8H,9H2,1-2H3,(H2,16,18)/q+1. The predicted octanol–water partition coefficient (Wildman–Crippen LogP) is 1.10. The quantitative estimate of drug-likeness (QED) is 0.576. The van der Waals surface area contributed by atoms with Gasteiger partial charge < -0.3 is 5.73 Å². The third-order valence-electron chi connectivity index (χ3n) is 3.34. The molecule has 0 aliphatic rings. The Morgan fingerprint density at radius 2 is 2.00 bits per heavy atom. The molecule has 0 aliphatic carbocycles. The van der Waals surface area contributed by atoms with E-state index in [2.05, 4.69) is 10.1 Å². The molecule has 0 atom stereocenters. The second kappa shape index (κ2) is 4.97. The maximum Gasteiger partial charge on any atom is 0.359 e. The number of hydrogen-bond donors (Lipinski definition) is 1. The fourth-order valence-electron chi connectivity index (χ4n) is 2.33. The molecule has 0 saturated carbocycles. The summed E-state index contributed by atoms with van der Waals surface area (Å²) < 4.78 is 3.29. The molecule has 3 rings (SSSR count). The van der Waals surface area contributed by atoms with Crippen LogP contribution < -0.4 is 10.3 Å². The van der Waals surface area contributed by atoms with Crippen LogP contribution in [0.25, 0.3) is 5.78 Å². The van der Waals surface area contributed by atoms with E-state index in [1.807, 2.05) is 38.1 Å². The van der Waals surface area contributed by atoms with Gasteiger partial charge in [0.15, 0.2) is 5.78 Å². The normalized spacial score (nSPS) is 11.0. The summed E-state index contributed by atoms with van der Waals surface area (Å²) in [6.07, 6.45) is 0. The molecule has 0 radical (unpaired) electrons. The van der Waals surface area contributed by atoms with Crippen LogP contribution >= 0.6 is 0 Å². The maximum absolute atomic E-state index is 12.3. The first kappa shape index (κ1) is 13.2. The van der Waals surface area contributed by atoms with Gasteiger partial charge in [-0.1, -0.05) is 30.3 Å². The number of carbonyl (C=O) groups excluding carboxylic acids is 1. The van der Waals surface area contributed by atoms with Crippen LogP contribution in [-0.2, 0) is 6.54 Å². The van der Waals surface area contributed by atoms with Crippen LogP contribution in [0.4, 0.5) is 5.95 Å². The van der Waals surface area contributed by atoms with E-state index < -0.39 is 0 Å². The van der Waals surface area contributed by atoms with Gasteiger partial charge >= 0.3 is 11.7 Å². The van der Waals surface area contributed by atoms with Crippen molar-refractivity contribution in [3.05, 3.63) is 53.3 Å². The Hall–Kier alpha value is -2.76. The Morgan fingerprint density at radius 3 is 2.71 bits per heavy atom. The van der Waals surface area contributed by atoms with Crippen molar-refractivity contribution in [1.82, 2.24) is 14.6 Å². The van der Waals surface area contributed by atoms with Crippen molar-refractivity contribution in [3.8, 4) is 0 Å². The second-order valence-electron chi connectivity index (χ2n) is 4.98. The molecule has 6 nitrogen and oxygen atoms in total. The second-order valence-corrected chi connectivity index (χ2v) is 4.98. The largest absolute Gasteiger partial charge is 0.359 e. The Labute approximate surface area is 121 Å². The molecule has 0 aliphatic heterocycles. The number of anilines is 1. The van der Waals surface area contributed by atoms with E-state index >= 15 is 0 Å². The summed E-state index contributed by atoms with van der Waals surface area (Å²) in [5.41, 5.74) is 8.37. The third-order valence-corrected chi connectivity index (χ3v) is 3.34. The fourth-order valence-corrected chi connectivity index (χ4v) is 2.33. The van der Waals surface area contributed by atoms with Crippen molar-refractivity contribution in [1.29, 1.82) is 0 Å². The molecule has 21 heavy (non-hydrogen) atoms. The molecular weight excluding hydrogens is 266 g/mol. The van der Waals surface area contributed by atoms with Gasteiger partial charge in [-0.05, 0) is 13.8 Å². The Balaban J connectivity index is 2.05. The predicted molar refractivity (Wildman–Crippen MR) is 77.8 cm³/mol. The number of benzene rings is 1. The summed E-state index contributed by atoms with van der Waals surface area (Å²) in [5.74, 6) is 0.831. The number of hydrogen-bond acceptors (Lipinski definition) is 4. The first-order chi connectivity index (χ1) is 10.1. The zero-order chi connectivity index (χ0) is 15.0. The molecule has 0 saturated heterocycles. The van der Waals surface area contributed by atoms with Gasteiger partial charge in [-0.25, -0.2) is 4.57 Å². The van der Waals surface area contributed by atoms with Gasteiger partial charge in [-0.15, -0.1) is 9.50 Å². The van der Waals surface area contributed by atoms with Gasteiger partial charge in [-0.3, -0.25) is 4.79 Å². The average Bonchev–Trinajstić information content (AvgIpc) is 2.77. The summed E-state index contributed by atoms with van der Waals surface area (Å²) in [7, 11) is 0. The third kappa shape index (κ3) is 2.35. The number of nitrogens with two attached hydrogens (primary N) is 1. The van der Waals surface area contributed by atoms with Crippen LogP contribution in [0.15, 0.2) is 36.4 Å². The number of rotatable bonds is 3. The van der Waals surface area contributed by atoms with Crippen molar-refractivity contribution in [2.75, 3.05) is 5.73 Å². The molecule has 0 bridgehead atoms. The van der Waals surface area contributed by atoms with E-state index in [9.17, 15) is 4.79 Å². The molecule has 2 aromatic heterocycles. The molecule has 0 amide bonds. The molecule has 6 heteroatoms. The molecular formula is C15H16N5O+. The summed E-state index contributed by atoms with van der Waals surface area (Å²) in [6, 6.07) is 11.0. The minimum atomic E-state index is -0.0249. The number of Topliss-reactive ketones (excluding diaryl/α,β-unsaturated/α-hetero) is 1. The molecule has 0 fully saturated rings. The summed E-state index contributed by atoms with van der Waals surface area (Å²) in [6.45, 7) is 3.95. The highest BCUT2D eigenvalue weighted by Gasteiger charge is 2.21. The van der Waals surface area contributed by atoms with Crippen LogP contribution in [0, 0.1) is 13.8 Å². The summed E-state index contributed by atoms with van der Waals surface area (Å²) in [4.78, 5) is 16.8. The van der Waals surface area contributed by atoms with Gasteiger partial charge in [0.2, 0.25) is 0 Å². The molecule has 3 aromatic rings. The van der Waals surface area contributed by atoms with E-state index in [1.165, 1.54) is 0 Å². The van der Waals surface area contributed by atoms with Crippen molar-refractivity contribution in [2.24, 2.45) is 0 Å². The number of fused-ring (bicyclic) bond motifs is 1. The van der Waals surface area contributed by atoms with E-state index in [0.717, 1.165) is 11.4 Å². The monoisotopic (exact) mass is 282 g/mol. The minimum Gasteiger partial charge on any atom is -0.318 e. The number of nitrogen functional groups attached to an aromatic ring is 1. The van der Waals surface area contributed by atoms with Gasteiger partial charge in [0.05, 0.1) is 11.4 Å². The van der Waals surface area contributed by atoms with Crippen LogP contribution in [0.2, 0.25) is 0 Å². The highest BCUT2D eigenvalue weighted by Crippen LogP contribution is 2.06.